The number of carbonyl (C=O) groups is 1. The Labute approximate surface area is 147 Å². The second-order valence-electron chi connectivity index (χ2n) is 5.63. The molecule has 0 radical (unpaired) electrons. The van der Waals surface area contributed by atoms with E-state index in [2.05, 4.69) is 5.32 Å². The summed E-state index contributed by atoms with van der Waals surface area (Å²) in [7, 11) is -3.45. The van der Waals surface area contributed by atoms with Crippen molar-refractivity contribution in [2.24, 2.45) is 0 Å². The van der Waals surface area contributed by atoms with Crippen LogP contribution in [0.5, 0.6) is 0 Å². The molecule has 0 aliphatic carbocycles. The maximum Gasteiger partial charge on any atom is 0.251 e. The molecule has 1 amide bonds. The van der Waals surface area contributed by atoms with Crippen molar-refractivity contribution in [1.82, 2.24) is 9.62 Å². The van der Waals surface area contributed by atoms with E-state index in [9.17, 15) is 17.6 Å². The van der Waals surface area contributed by atoms with Crippen LogP contribution in [0.3, 0.4) is 0 Å². The quantitative estimate of drug-likeness (QED) is 0.780. The van der Waals surface area contributed by atoms with E-state index < -0.39 is 10.0 Å². The van der Waals surface area contributed by atoms with Gasteiger partial charge in [-0.05, 0) is 30.2 Å². The number of hydrogen-bond acceptors (Lipinski definition) is 3. The van der Waals surface area contributed by atoms with Gasteiger partial charge >= 0.3 is 0 Å². The van der Waals surface area contributed by atoms with Gasteiger partial charge in [-0.15, -0.1) is 0 Å². The summed E-state index contributed by atoms with van der Waals surface area (Å²) in [6.07, 6.45) is 1.37. The number of amides is 1. The van der Waals surface area contributed by atoms with Gasteiger partial charge in [-0.3, -0.25) is 4.79 Å². The highest BCUT2D eigenvalue weighted by molar-refractivity contribution is 7.88. The molecule has 2 aromatic rings. The molecule has 2 rings (SSSR count). The van der Waals surface area contributed by atoms with Crippen LogP contribution in [0, 0.1) is 5.82 Å². The Balaban J connectivity index is 1.90. The second-order valence-corrected chi connectivity index (χ2v) is 7.61. The Kier molecular flexibility index (Phi) is 6.66. The average molecular weight is 364 g/mol. The lowest BCUT2D eigenvalue weighted by Gasteiger charge is -2.20. The number of nitrogens with zero attached hydrogens (tertiary/aromatic N) is 1. The van der Waals surface area contributed by atoms with Crippen molar-refractivity contribution in [3.05, 3.63) is 71.5 Å². The molecule has 2 aromatic carbocycles. The van der Waals surface area contributed by atoms with E-state index >= 15 is 0 Å². The summed E-state index contributed by atoms with van der Waals surface area (Å²) in [5.41, 5.74) is 0.976. The molecule has 0 bridgehead atoms. The fraction of sp³-hybridized carbons (Fsp3) is 0.278. The van der Waals surface area contributed by atoms with E-state index in [4.69, 9.17) is 0 Å². The van der Waals surface area contributed by atoms with Crippen molar-refractivity contribution < 1.29 is 17.6 Å². The van der Waals surface area contributed by atoms with Gasteiger partial charge in [-0.2, -0.15) is 0 Å². The van der Waals surface area contributed by atoms with Crippen molar-refractivity contribution in [1.29, 1.82) is 0 Å². The minimum absolute atomic E-state index is 0.131. The Morgan fingerprint density at radius 3 is 2.32 bits per heavy atom. The van der Waals surface area contributed by atoms with Crippen molar-refractivity contribution in [2.45, 2.75) is 6.42 Å². The average Bonchev–Trinajstić information content (AvgIpc) is 2.58. The molecule has 0 aliphatic heterocycles. The lowest BCUT2D eigenvalue weighted by molar-refractivity contribution is 0.0951. The maximum atomic E-state index is 13.7. The summed E-state index contributed by atoms with van der Waals surface area (Å²) in [5.74, 6) is -0.614. The van der Waals surface area contributed by atoms with Crippen LogP contribution < -0.4 is 5.32 Å². The summed E-state index contributed by atoms with van der Waals surface area (Å²) >= 11 is 0. The molecule has 134 valence electrons. The van der Waals surface area contributed by atoms with Crippen molar-refractivity contribution in [3.63, 3.8) is 0 Å². The molecule has 7 heteroatoms. The van der Waals surface area contributed by atoms with E-state index in [1.54, 1.807) is 42.5 Å². The van der Waals surface area contributed by atoms with Crippen LogP contribution in [-0.4, -0.2) is 44.5 Å². The normalized spacial score (nSPS) is 11.5. The second kappa shape index (κ2) is 8.73. The van der Waals surface area contributed by atoms with Gasteiger partial charge in [-0.25, -0.2) is 17.1 Å². The third-order valence-electron chi connectivity index (χ3n) is 3.74. The number of sulfonamides is 1. The Morgan fingerprint density at radius 2 is 1.68 bits per heavy atom. The third kappa shape index (κ3) is 5.95. The molecule has 25 heavy (non-hydrogen) atoms. The zero-order chi connectivity index (χ0) is 18.3. The van der Waals surface area contributed by atoms with Gasteiger partial charge in [0.25, 0.3) is 5.91 Å². The van der Waals surface area contributed by atoms with Crippen molar-refractivity contribution in [2.75, 3.05) is 25.9 Å². The van der Waals surface area contributed by atoms with Gasteiger partial charge in [0.15, 0.2) is 0 Å². The Bertz CT molecular complexity index is 810. The SMILES string of the molecule is CS(=O)(=O)N(CCNC(=O)c1ccccc1)CCc1ccccc1F. The summed E-state index contributed by atoms with van der Waals surface area (Å²) in [6.45, 7) is 0.463. The molecule has 0 aromatic heterocycles. The van der Waals surface area contributed by atoms with Gasteiger partial charge in [0.05, 0.1) is 6.26 Å². The first-order chi connectivity index (χ1) is 11.9. The van der Waals surface area contributed by atoms with Gasteiger partial charge < -0.3 is 5.32 Å². The number of hydrogen-bond donors (Lipinski definition) is 1. The van der Waals surface area contributed by atoms with E-state index in [1.807, 2.05) is 6.07 Å². The van der Waals surface area contributed by atoms with Crippen LogP contribution in [-0.2, 0) is 16.4 Å². The molecule has 0 heterocycles. The molecule has 0 aliphatic rings. The first kappa shape index (κ1) is 19.1. The van der Waals surface area contributed by atoms with Crippen molar-refractivity contribution in [3.8, 4) is 0 Å². The van der Waals surface area contributed by atoms with E-state index in [0.29, 0.717) is 11.1 Å². The number of benzene rings is 2. The summed E-state index contributed by atoms with van der Waals surface area (Å²) in [4.78, 5) is 12.0. The first-order valence-corrected chi connectivity index (χ1v) is 9.74. The Morgan fingerprint density at radius 1 is 1.04 bits per heavy atom. The summed E-state index contributed by atoms with van der Waals surface area (Å²) in [6, 6.07) is 15.0. The van der Waals surface area contributed by atoms with Gasteiger partial charge in [0.2, 0.25) is 10.0 Å². The van der Waals surface area contributed by atoms with Gasteiger partial charge in [-0.1, -0.05) is 36.4 Å². The van der Waals surface area contributed by atoms with Gasteiger partial charge in [0, 0.05) is 25.2 Å². The van der Waals surface area contributed by atoms with E-state index in [0.717, 1.165) is 6.26 Å². The Hall–Kier alpha value is -2.25. The smallest absolute Gasteiger partial charge is 0.251 e. The van der Waals surface area contributed by atoms with Crippen LogP contribution in [0.15, 0.2) is 54.6 Å². The highest BCUT2D eigenvalue weighted by Crippen LogP contribution is 2.09. The molecule has 0 saturated carbocycles. The van der Waals surface area contributed by atoms with Gasteiger partial charge in [0.1, 0.15) is 5.82 Å². The fourth-order valence-electron chi connectivity index (χ4n) is 2.38. The lowest BCUT2D eigenvalue weighted by Crippen LogP contribution is -2.39. The maximum absolute atomic E-state index is 13.7. The number of carbonyl (C=O) groups excluding carboxylic acids is 1. The molecular formula is C18H21FN2O3S. The van der Waals surface area contributed by atoms with Crippen molar-refractivity contribution >= 4 is 15.9 Å². The minimum atomic E-state index is -3.45. The molecule has 5 nitrogen and oxygen atoms in total. The monoisotopic (exact) mass is 364 g/mol. The molecule has 0 spiro atoms. The largest absolute Gasteiger partial charge is 0.351 e. The highest BCUT2D eigenvalue weighted by Gasteiger charge is 2.17. The predicted molar refractivity (Wildman–Crippen MR) is 95.3 cm³/mol. The fourth-order valence-corrected chi connectivity index (χ4v) is 3.22. The molecule has 0 atom stereocenters. The van der Waals surface area contributed by atoms with Crippen LogP contribution >= 0.6 is 0 Å². The standard InChI is InChI=1S/C18H21FN2O3S/c1-25(23,24)21(13-11-15-7-5-6-10-17(15)19)14-12-20-18(22)16-8-3-2-4-9-16/h2-10H,11-14H2,1H3,(H,20,22). The van der Waals surface area contributed by atoms with E-state index in [1.165, 1.54) is 10.4 Å². The first-order valence-electron chi connectivity index (χ1n) is 7.89. The molecule has 0 saturated heterocycles. The zero-order valence-corrected chi connectivity index (χ0v) is 14.8. The summed E-state index contributed by atoms with van der Waals surface area (Å²) < 4.78 is 38.7. The minimum Gasteiger partial charge on any atom is -0.351 e. The summed E-state index contributed by atoms with van der Waals surface area (Å²) in [5, 5.41) is 2.69. The number of rotatable bonds is 8. The number of halogens is 1. The molecule has 1 N–H and O–H groups in total. The molecule has 0 unspecified atom stereocenters. The van der Waals surface area contributed by atoms with Crippen LogP contribution in [0.1, 0.15) is 15.9 Å². The van der Waals surface area contributed by atoms with Crippen LogP contribution in [0.25, 0.3) is 0 Å². The van der Waals surface area contributed by atoms with Crippen LogP contribution in [0.4, 0.5) is 4.39 Å². The predicted octanol–water partition coefficient (Wildman–Crippen LogP) is 2.06. The lowest BCUT2D eigenvalue weighted by atomic mass is 10.1. The topological polar surface area (TPSA) is 66.5 Å². The number of nitrogens with one attached hydrogen (secondary N) is 1. The molecule has 0 fully saturated rings. The van der Waals surface area contributed by atoms with E-state index in [-0.39, 0.29) is 37.8 Å². The van der Waals surface area contributed by atoms with Crippen LogP contribution in [0.2, 0.25) is 0 Å². The zero-order valence-electron chi connectivity index (χ0n) is 14.0. The molecular weight excluding hydrogens is 343 g/mol. The highest BCUT2D eigenvalue weighted by atomic mass is 32.2. The third-order valence-corrected chi connectivity index (χ3v) is 5.04.